The van der Waals surface area contributed by atoms with Crippen LogP contribution in [0.3, 0.4) is 0 Å². The van der Waals surface area contributed by atoms with Gasteiger partial charge in [-0.3, -0.25) is 0 Å². The normalized spacial score (nSPS) is 11.5. The third kappa shape index (κ3) is 1.74. The van der Waals surface area contributed by atoms with Crippen molar-refractivity contribution in [1.29, 1.82) is 0 Å². The third-order valence-electron chi connectivity index (χ3n) is 3.55. The van der Waals surface area contributed by atoms with Crippen molar-refractivity contribution in [3.8, 4) is 0 Å². The van der Waals surface area contributed by atoms with Crippen molar-refractivity contribution in [2.45, 2.75) is 20.4 Å². The molecule has 5 nitrogen and oxygen atoms in total. The van der Waals surface area contributed by atoms with Crippen molar-refractivity contribution in [3.63, 3.8) is 0 Å². The Morgan fingerprint density at radius 3 is 2.84 bits per heavy atom. The number of nitrogens with zero attached hydrogens (tertiary/aromatic N) is 3. The SMILES string of the molecule is Cc1ccc2cc3c(N)nn(CCO)c3nc2c1C. The predicted molar refractivity (Wildman–Crippen MR) is 76.0 cm³/mol. The Balaban J connectivity index is 2.40. The number of fused-ring (bicyclic) bond motifs is 2. The Bertz CT molecular complexity index is 776. The maximum Gasteiger partial charge on any atom is 0.160 e. The number of hydrogen-bond acceptors (Lipinski definition) is 4. The minimum atomic E-state index is 0.0166. The first kappa shape index (κ1) is 11.9. The molecule has 5 heteroatoms. The van der Waals surface area contributed by atoms with Gasteiger partial charge in [-0.15, -0.1) is 0 Å². The molecule has 0 saturated heterocycles. The molecule has 98 valence electrons. The minimum absolute atomic E-state index is 0.0166. The molecule has 3 rings (SSSR count). The van der Waals surface area contributed by atoms with Crippen molar-refractivity contribution < 1.29 is 5.11 Å². The van der Waals surface area contributed by atoms with Crippen LogP contribution in [0.4, 0.5) is 5.82 Å². The van der Waals surface area contributed by atoms with E-state index in [1.54, 1.807) is 4.68 Å². The van der Waals surface area contributed by atoms with Gasteiger partial charge in [0.25, 0.3) is 0 Å². The van der Waals surface area contributed by atoms with Crippen LogP contribution in [0.25, 0.3) is 21.9 Å². The van der Waals surface area contributed by atoms with Gasteiger partial charge in [0.1, 0.15) is 0 Å². The summed E-state index contributed by atoms with van der Waals surface area (Å²) in [5, 5.41) is 15.2. The summed E-state index contributed by atoms with van der Waals surface area (Å²) in [7, 11) is 0. The maximum absolute atomic E-state index is 9.07. The number of nitrogens with two attached hydrogens (primary N) is 1. The second-order valence-corrected chi connectivity index (χ2v) is 4.77. The largest absolute Gasteiger partial charge is 0.394 e. The van der Waals surface area contributed by atoms with Crippen LogP contribution in [0.5, 0.6) is 0 Å². The number of aromatic nitrogens is 3. The topological polar surface area (TPSA) is 77.0 Å². The molecular weight excluding hydrogens is 240 g/mol. The van der Waals surface area contributed by atoms with Gasteiger partial charge in [-0.25, -0.2) is 9.67 Å². The van der Waals surface area contributed by atoms with E-state index in [2.05, 4.69) is 30.0 Å². The summed E-state index contributed by atoms with van der Waals surface area (Å²) >= 11 is 0. The standard InChI is InChI=1S/C14H16N4O/c1-8-3-4-10-7-11-13(15)17-18(5-6-19)14(11)16-12(10)9(8)2/h3-4,7,19H,5-6H2,1-2H3,(H2,15,17). The Kier molecular flexibility index (Phi) is 2.64. The molecule has 0 atom stereocenters. The lowest BCUT2D eigenvalue weighted by atomic mass is 10.0. The highest BCUT2D eigenvalue weighted by Gasteiger charge is 2.12. The number of benzene rings is 1. The van der Waals surface area contributed by atoms with Gasteiger partial charge in [0, 0.05) is 5.39 Å². The van der Waals surface area contributed by atoms with Crippen molar-refractivity contribution in [3.05, 3.63) is 29.3 Å². The van der Waals surface area contributed by atoms with Gasteiger partial charge in [0.2, 0.25) is 0 Å². The molecule has 0 spiro atoms. The summed E-state index contributed by atoms with van der Waals surface area (Å²) in [5.74, 6) is 0.455. The fourth-order valence-corrected chi connectivity index (χ4v) is 2.34. The van der Waals surface area contributed by atoms with Gasteiger partial charge in [0.15, 0.2) is 11.5 Å². The Labute approximate surface area is 110 Å². The van der Waals surface area contributed by atoms with E-state index < -0.39 is 0 Å². The van der Waals surface area contributed by atoms with E-state index in [9.17, 15) is 0 Å². The number of nitrogen functional groups attached to an aromatic ring is 1. The summed E-state index contributed by atoms with van der Waals surface area (Å²) in [6, 6.07) is 6.15. The molecule has 0 saturated carbocycles. The molecule has 0 aliphatic rings. The summed E-state index contributed by atoms with van der Waals surface area (Å²) in [4.78, 5) is 4.69. The highest BCUT2D eigenvalue weighted by molar-refractivity contribution is 5.97. The smallest absolute Gasteiger partial charge is 0.160 e. The molecule has 0 aliphatic heterocycles. The van der Waals surface area contributed by atoms with Gasteiger partial charge >= 0.3 is 0 Å². The lowest BCUT2D eigenvalue weighted by molar-refractivity contribution is 0.271. The quantitative estimate of drug-likeness (QED) is 0.732. The first-order valence-corrected chi connectivity index (χ1v) is 6.25. The van der Waals surface area contributed by atoms with Crippen LogP contribution in [0, 0.1) is 13.8 Å². The van der Waals surface area contributed by atoms with Gasteiger partial charge in [-0.2, -0.15) is 5.10 Å². The number of hydrogen-bond donors (Lipinski definition) is 2. The van der Waals surface area contributed by atoms with Crippen LogP contribution >= 0.6 is 0 Å². The molecule has 3 N–H and O–H groups in total. The van der Waals surface area contributed by atoms with Gasteiger partial charge in [-0.05, 0) is 31.0 Å². The molecule has 1 aromatic carbocycles. The summed E-state index contributed by atoms with van der Waals surface area (Å²) in [6.07, 6.45) is 0. The Morgan fingerprint density at radius 1 is 1.32 bits per heavy atom. The highest BCUT2D eigenvalue weighted by atomic mass is 16.3. The molecule has 0 fully saturated rings. The molecule has 0 radical (unpaired) electrons. The third-order valence-corrected chi connectivity index (χ3v) is 3.55. The highest BCUT2D eigenvalue weighted by Crippen LogP contribution is 2.26. The van der Waals surface area contributed by atoms with Crippen LogP contribution in [-0.4, -0.2) is 26.5 Å². The van der Waals surface area contributed by atoms with Crippen LogP contribution in [0.1, 0.15) is 11.1 Å². The van der Waals surface area contributed by atoms with E-state index in [1.165, 1.54) is 5.56 Å². The van der Waals surface area contributed by atoms with Crippen LogP contribution in [0.15, 0.2) is 18.2 Å². The minimum Gasteiger partial charge on any atom is -0.394 e. The first-order valence-electron chi connectivity index (χ1n) is 6.25. The number of aliphatic hydroxyl groups is 1. The average Bonchev–Trinajstić information content (AvgIpc) is 2.70. The molecule has 2 aromatic heterocycles. The molecule has 19 heavy (non-hydrogen) atoms. The summed E-state index contributed by atoms with van der Waals surface area (Å²) < 4.78 is 1.66. The molecule has 0 unspecified atom stereocenters. The van der Waals surface area contributed by atoms with Crippen molar-refractivity contribution in [2.75, 3.05) is 12.3 Å². The number of aliphatic hydroxyl groups excluding tert-OH is 1. The number of anilines is 1. The van der Waals surface area contributed by atoms with Crippen molar-refractivity contribution in [2.24, 2.45) is 0 Å². The second-order valence-electron chi connectivity index (χ2n) is 4.77. The van der Waals surface area contributed by atoms with Crippen LogP contribution < -0.4 is 5.73 Å². The molecular formula is C14H16N4O. The zero-order valence-corrected chi connectivity index (χ0v) is 11.0. The Hall–Kier alpha value is -2.14. The molecule has 3 aromatic rings. The first-order chi connectivity index (χ1) is 9.11. The van der Waals surface area contributed by atoms with Gasteiger partial charge in [0.05, 0.1) is 24.1 Å². The molecule has 0 aliphatic carbocycles. The number of aryl methyl sites for hydroxylation is 2. The van der Waals surface area contributed by atoms with E-state index in [0.29, 0.717) is 12.4 Å². The van der Waals surface area contributed by atoms with E-state index in [0.717, 1.165) is 27.5 Å². The second kappa shape index (κ2) is 4.20. The molecule has 2 heterocycles. The van der Waals surface area contributed by atoms with Crippen molar-refractivity contribution >= 4 is 27.8 Å². The maximum atomic E-state index is 9.07. The van der Waals surface area contributed by atoms with Gasteiger partial charge < -0.3 is 10.8 Å². The molecule has 0 amide bonds. The lowest BCUT2D eigenvalue weighted by Crippen LogP contribution is -2.05. The fourth-order valence-electron chi connectivity index (χ4n) is 2.34. The zero-order chi connectivity index (χ0) is 13.6. The fraction of sp³-hybridized carbons (Fsp3) is 0.286. The van der Waals surface area contributed by atoms with E-state index in [1.807, 2.05) is 12.1 Å². The summed E-state index contributed by atoms with van der Waals surface area (Å²) in [6.45, 7) is 4.55. The number of rotatable bonds is 2. The number of pyridine rings is 1. The monoisotopic (exact) mass is 256 g/mol. The van der Waals surface area contributed by atoms with Crippen molar-refractivity contribution in [1.82, 2.24) is 14.8 Å². The van der Waals surface area contributed by atoms with Crippen LogP contribution in [-0.2, 0) is 6.54 Å². The van der Waals surface area contributed by atoms with Gasteiger partial charge in [-0.1, -0.05) is 12.1 Å². The van der Waals surface area contributed by atoms with Crippen LogP contribution in [0.2, 0.25) is 0 Å². The van der Waals surface area contributed by atoms with E-state index in [-0.39, 0.29) is 6.61 Å². The van der Waals surface area contributed by atoms with E-state index >= 15 is 0 Å². The molecule has 0 bridgehead atoms. The lowest BCUT2D eigenvalue weighted by Gasteiger charge is -2.06. The Morgan fingerprint density at radius 2 is 2.11 bits per heavy atom. The predicted octanol–water partition coefficient (Wildman–Crippen LogP) is 1.78. The summed E-state index contributed by atoms with van der Waals surface area (Å²) in [5.41, 5.74) is 9.98. The average molecular weight is 256 g/mol. The van der Waals surface area contributed by atoms with E-state index in [4.69, 9.17) is 10.8 Å². The zero-order valence-electron chi connectivity index (χ0n) is 11.0.